The first-order valence-electron chi connectivity index (χ1n) is 7.28. The van der Waals surface area contributed by atoms with Gasteiger partial charge in [-0.15, -0.1) is 10.2 Å². The number of fused-ring (bicyclic) bond motifs is 1. The van der Waals surface area contributed by atoms with Gasteiger partial charge in [-0.1, -0.05) is 49.0 Å². The lowest BCUT2D eigenvalue weighted by atomic mass is 10.1. The third kappa shape index (κ3) is 2.90. The van der Waals surface area contributed by atoms with Crippen molar-refractivity contribution in [3.8, 4) is 0 Å². The van der Waals surface area contributed by atoms with Crippen molar-refractivity contribution in [1.82, 2.24) is 14.6 Å². The molecule has 1 aromatic carbocycles. The molecule has 2 aromatic heterocycles. The van der Waals surface area contributed by atoms with Crippen LogP contribution in [0.4, 0.5) is 0 Å². The number of benzene rings is 1. The predicted molar refractivity (Wildman–Crippen MR) is 88.5 cm³/mol. The van der Waals surface area contributed by atoms with E-state index in [4.69, 9.17) is 0 Å². The average Bonchev–Trinajstić information content (AvgIpc) is 2.97. The monoisotopic (exact) mass is 311 g/mol. The maximum absolute atomic E-state index is 12.5. The highest BCUT2D eigenvalue weighted by molar-refractivity contribution is 8.00. The molecule has 0 bridgehead atoms. The van der Waals surface area contributed by atoms with Crippen LogP contribution in [0.1, 0.15) is 29.8 Å². The number of rotatable bonds is 5. The second-order valence-electron chi connectivity index (χ2n) is 5.09. The third-order valence-electron chi connectivity index (χ3n) is 3.58. The van der Waals surface area contributed by atoms with Crippen LogP contribution in [-0.2, 0) is 6.42 Å². The molecule has 0 radical (unpaired) electrons. The number of thioether (sulfide) groups is 1. The molecule has 0 aliphatic heterocycles. The van der Waals surface area contributed by atoms with Gasteiger partial charge in [0.25, 0.3) is 0 Å². The first kappa shape index (κ1) is 14.8. The van der Waals surface area contributed by atoms with Crippen molar-refractivity contribution in [3.05, 3.63) is 59.8 Å². The molecule has 0 saturated heterocycles. The van der Waals surface area contributed by atoms with Gasteiger partial charge in [0.2, 0.25) is 0 Å². The molecule has 5 heteroatoms. The van der Waals surface area contributed by atoms with Crippen LogP contribution in [0.2, 0.25) is 0 Å². The third-order valence-corrected chi connectivity index (χ3v) is 4.64. The fourth-order valence-corrected chi connectivity index (χ4v) is 3.17. The summed E-state index contributed by atoms with van der Waals surface area (Å²) < 4.78 is 1.90. The Labute approximate surface area is 133 Å². The van der Waals surface area contributed by atoms with E-state index in [1.165, 1.54) is 17.3 Å². The Balaban J connectivity index is 1.78. The fourth-order valence-electron chi connectivity index (χ4n) is 2.25. The molecule has 0 fully saturated rings. The van der Waals surface area contributed by atoms with E-state index >= 15 is 0 Å². The highest BCUT2D eigenvalue weighted by Crippen LogP contribution is 2.24. The zero-order valence-electron chi connectivity index (χ0n) is 12.6. The number of carbonyl (C=O) groups excluding carboxylic acids is 1. The molecule has 0 N–H and O–H groups in total. The van der Waals surface area contributed by atoms with Gasteiger partial charge in [0.1, 0.15) is 0 Å². The molecule has 112 valence electrons. The highest BCUT2D eigenvalue weighted by atomic mass is 32.2. The summed E-state index contributed by atoms with van der Waals surface area (Å²) in [6.07, 6.45) is 2.88. The Hall–Kier alpha value is -2.14. The molecule has 22 heavy (non-hydrogen) atoms. The van der Waals surface area contributed by atoms with E-state index in [-0.39, 0.29) is 11.0 Å². The molecule has 3 rings (SSSR count). The summed E-state index contributed by atoms with van der Waals surface area (Å²) in [6.45, 7) is 4.01. The van der Waals surface area contributed by atoms with Crippen molar-refractivity contribution in [3.63, 3.8) is 0 Å². The SMILES string of the molecule is CCc1ccc(C(=O)C(C)Sc2nnc3ccccn23)cc1. The van der Waals surface area contributed by atoms with E-state index in [1.54, 1.807) is 0 Å². The quantitative estimate of drug-likeness (QED) is 0.533. The van der Waals surface area contributed by atoms with Gasteiger partial charge < -0.3 is 0 Å². The number of hydrogen-bond donors (Lipinski definition) is 0. The second kappa shape index (κ2) is 6.32. The zero-order valence-corrected chi connectivity index (χ0v) is 13.4. The van der Waals surface area contributed by atoms with Crippen LogP contribution in [-0.4, -0.2) is 25.6 Å². The molecule has 1 unspecified atom stereocenters. The van der Waals surface area contributed by atoms with Gasteiger partial charge in [-0.25, -0.2) is 0 Å². The topological polar surface area (TPSA) is 47.3 Å². The van der Waals surface area contributed by atoms with E-state index in [0.717, 1.165) is 22.8 Å². The fraction of sp³-hybridized carbons (Fsp3) is 0.235. The summed E-state index contributed by atoms with van der Waals surface area (Å²) >= 11 is 1.43. The van der Waals surface area contributed by atoms with Crippen molar-refractivity contribution in [1.29, 1.82) is 0 Å². The van der Waals surface area contributed by atoms with Gasteiger partial charge in [0.15, 0.2) is 16.6 Å². The van der Waals surface area contributed by atoms with Crippen molar-refractivity contribution < 1.29 is 4.79 Å². The van der Waals surface area contributed by atoms with Crippen LogP contribution in [0, 0.1) is 0 Å². The zero-order chi connectivity index (χ0) is 15.5. The van der Waals surface area contributed by atoms with Gasteiger partial charge in [0.05, 0.1) is 5.25 Å². The highest BCUT2D eigenvalue weighted by Gasteiger charge is 2.19. The minimum Gasteiger partial charge on any atom is -0.293 e. The van der Waals surface area contributed by atoms with Crippen LogP contribution >= 0.6 is 11.8 Å². The molecule has 0 aliphatic rings. The smallest absolute Gasteiger partial charge is 0.196 e. The summed E-state index contributed by atoms with van der Waals surface area (Å²) in [5.74, 6) is 0.111. The molecule has 0 amide bonds. The van der Waals surface area contributed by atoms with Crippen molar-refractivity contribution >= 4 is 23.2 Å². The number of aryl methyl sites for hydroxylation is 1. The number of hydrogen-bond acceptors (Lipinski definition) is 4. The molecular weight excluding hydrogens is 294 g/mol. The van der Waals surface area contributed by atoms with E-state index < -0.39 is 0 Å². The van der Waals surface area contributed by atoms with Crippen LogP contribution in [0.25, 0.3) is 5.65 Å². The maximum Gasteiger partial charge on any atom is 0.196 e. The number of nitrogens with zero attached hydrogens (tertiary/aromatic N) is 3. The summed E-state index contributed by atoms with van der Waals surface area (Å²) in [6, 6.07) is 13.6. The van der Waals surface area contributed by atoms with Crippen LogP contribution < -0.4 is 0 Å². The normalized spacial score (nSPS) is 12.5. The standard InChI is InChI=1S/C17H17N3OS/c1-3-13-7-9-14(10-8-13)16(21)12(2)22-17-19-18-15-6-4-5-11-20(15)17/h4-12H,3H2,1-2H3. The van der Waals surface area contributed by atoms with E-state index in [1.807, 2.05) is 60.0 Å². The van der Waals surface area contributed by atoms with E-state index in [0.29, 0.717) is 0 Å². The van der Waals surface area contributed by atoms with E-state index in [9.17, 15) is 4.79 Å². The first-order valence-corrected chi connectivity index (χ1v) is 8.16. The Morgan fingerprint density at radius 1 is 1.18 bits per heavy atom. The van der Waals surface area contributed by atoms with Crippen molar-refractivity contribution in [2.45, 2.75) is 30.7 Å². The molecule has 1 atom stereocenters. The van der Waals surface area contributed by atoms with Gasteiger partial charge in [-0.2, -0.15) is 0 Å². The largest absolute Gasteiger partial charge is 0.293 e. The predicted octanol–water partition coefficient (Wildman–Crippen LogP) is 3.66. The number of ketones is 1. The van der Waals surface area contributed by atoms with Crippen LogP contribution in [0.3, 0.4) is 0 Å². The Bertz CT molecular complexity index is 795. The Morgan fingerprint density at radius 2 is 1.95 bits per heavy atom. The molecule has 0 spiro atoms. The number of aromatic nitrogens is 3. The molecule has 2 heterocycles. The molecule has 4 nitrogen and oxygen atoms in total. The minimum atomic E-state index is -0.208. The number of Topliss-reactive ketones (excluding diaryl/α,β-unsaturated/α-hetero) is 1. The van der Waals surface area contributed by atoms with Gasteiger partial charge in [0, 0.05) is 11.8 Å². The molecule has 0 aliphatic carbocycles. The van der Waals surface area contributed by atoms with Gasteiger partial charge in [-0.05, 0) is 31.0 Å². The van der Waals surface area contributed by atoms with Crippen molar-refractivity contribution in [2.75, 3.05) is 0 Å². The first-order chi connectivity index (χ1) is 10.7. The molecule has 0 saturated carbocycles. The maximum atomic E-state index is 12.5. The minimum absolute atomic E-state index is 0.111. The lowest BCUT2D eigenvalue weighted by Crippen LogP contribution is -2.14. The number of pyridine rings is 1. The summed E-state index contributed by atoms with van der Waals surface area (Å²) in [7, 11) is 0. The molecular formula is C17H17N3OS. The lowest BCUT2D eigenvalue weighted by Gasteiger charge is -2.09. The Kier molecular flexibility index (Phi) is 4.24. The lowest BCUT2D eigenvalue weighted by molar-refractivity contribution is 0.0994. The van der Waals surface area contributed by atoms with Crippen LogP contribution in [0.5, 0.6) is 0 Å². The van der Waals surface area contributed by atoms with Crippen LogP contribution in [0.15, 0.2) is 53.8 Å². The average molecular weight is 311 g/mol. The Morgan fingerprint density at radius 3 is 2.68 bits per heavy atom. The van der Waals surface area contributed by atoms with Gasteiger partial charge in [-0.3, -0.25) is 9.20 Å². The molecule has 3 aromatic rings. The number of carbonyl (C=O) groups is 1. The summed E-state index contributed by atoms with van der Waals surface area (Å²) in [4.78, 5) is 12.5. The van der Waals surface area contributed by atoms with Gasteiger partial charge >= 0.3 is 0 Å². The van der Waals surface area contributed by atoms with E-state index in [2.05, 4.69) is 17.1 Å². The summed E-state index contributed by atoms with van der Waals surface area (Å²) in [5.41, 5.74) is 2.77. The second-order valence-corrected chi connectivity index (χ2v) is 6.39. The summed E-state index contributed by atoms with van der Waals surface area (Å²) in [5, 5.41) is 8.80. The van der Waals surface area contributed by atoms with Crippen molar-refractivity contribution in [2.24, 2.45) is 0 Å².